The van der Waals surface area contributed by atoms with Crippen molar-refractivity contribution >= 4 is 11.8 Å². The highest BCUT2D eigenvalue weighted by molar-refractivity contribution is 7.99. The third-order valence-corrected chi connectivity index (χ3v) is 3.90. The van der Waals surface area contributed by atoms with Gasteiger partial charge in [0.25, 0.3) is 0 Å². The van der Waals surface area contributed by atoms with Gasteiger partial charge in [-0.3, -0.25) is 11.3 Å². The summed E-state index contributed by atoms with van der Waals surface area (Å²) in [5, 5.41) is 0. The standard InChI is InChI=1S/C13H22N2S/c1-4-7-16-9-13(15-14)12-6-5-10(2)8-11(12)3/h5-6,8,13,15H,4,7,9,14H2,1-3H3. The van der Waals surface area contributed by atoms with Gasteiger partial charge < -0.3 is 0 Å². The van der Waals surface area contributed by atoms with Crippen molar-refractivity contribution < 1.29 is 0 Å². The molecule has 0 heterocycles. The van der Waals surface area contributed by atoms with Crippen LogP contribution in [0.5, 0.6) is 0 Å². The van der Waals surface area contributed by atoms with E-state index < -0.39 is 0 Å². The number of hydrazine groups is 1. The average Bonchev–Trinajstić information content (AvgIpc) is 2.26. The smallest absolute Gasteiger partial charge is 0.0552 e. The molecule has 1 rings (SSSR count). The second kappa shape index (κ2) is 6.94. The van der Waals surface area contributed by atoms with Crippen LogP contribution in [-0.4, -0.2) is 11.5 Å². The van der Waals surface area contributed by atoms with E-state index in [0.29, 0.717) is 0 Å². The molecule has 0 aliphatic heterocycles. The number of hydrogen-bond acceptors (Lipinski definition) is 3. The van der Waals surface area contributed by atoms with Gasteiger partial charge in [-0.2, -0.15) is 11.8 Å². The van der Waals surface area contributed by atoms with Gasteiger partial charge in [0.2, 0.25) is 0 Å². The highest BCUT2D eigenvalue weighted by Gasteiger charge is 2.11. The molecule has 2 nitrogen and oxygen atoms in total. The molecule has 1 unspecified atom stereocenters. The van der Waals surface area contributed by atoms with Crippen molar-refractivity contribution in [3.63, 3.8) is 0 Å². The second-order valence-corrected chi connectivity index (χ2v) is 5.30. The van der Waals surface area contributed by atoms with Crippen molar-refractivity contribution in [1.29, 1.82) is 0 Å². The molecule has 0 spiro atoms. The largest absolute Gasteiger partial charge is 0.271 e. The van der Waals surface area contributed by atoms with Gasteiger partial charge in [0.05, 0.1) is 6.04 Å². The van der Waals surface area contributed by atoms with Gasteiger partial charge in [0, 0.05) is 5.75 Å². The number of thioether (sulfide) groups is 1. The minimum absolute atomic E-state index is 0.261. The highest BCUT2D eigenvalue weighted by atomic mass is 32.2. The monoisotopic (exact) mass is 238 g/mol. The SMILES string of the molecule is CCCSCC(NN)c1ccc(C)cc1C. The van der Waals surface area contributed by atoms with Gasteiger partial charge in [-0.15, -0.1) is 0 Å². The zero-order chi connectivity index (χ0) is 12.0. The molecule has 0 aromatic heterocycles. The van der Waals surface area contributed by atoms with Gasteiger partial charge >= 0.3 is 0 Å². The molecule has 0 saturated heterocycles. The van der Waals surface area contributed by atoms with E-state index in [9.17, 15) is 0 Å². The first-order chi connectivity index (χ1) is 7.69. The van der Waals surface area contributed by atoms with Crippen molar-refractivity contribution in [2.45, 2.75) is 33.2 Å². The van der Waals surface area contributed by atoms with E-state index in [1.807, 2.05) is 11.8 Å². The van der Waals surface area contributed by atoms with E-state index in [1.54, 1.807) is 0 Å². The van der Waals surface area contributed by atoms with Crippen LogP contribution in [0, 0.1) is 13.8 Å². The zero-order valence-electron chi connectivity index (χ0n) is 10.4. The lowest BCUT2D eigenvalue weighted by atomic mass is 10.0. The third-order valence-electron chi connectivity index (χ3n) is 2.63. The van der Waals surface area contributed by atoms with Crippen LogP contribution in [0.1, 0.15) is 36.1 Å². The molecule has 16 heavy (non-hydrogen) atoms. The maximum Gasteiger partial charge on any atom is 0.0552 e. The normalized spacial score (nSPS) is 12.8. The van der Waals surface area contributed by atoms with Crippen LogP contribution in [0.2, 0.25) is 0 Å². The molecule has 0 radical (unpaired) electrons. The Morgan fingerprint density at radius 3 is 2.69 bits per heavy atom. The Morgan fingerprint density at radius 1 is 1.38 bits per heavy atom. The van der Waals surface area contributed by atoms with Crippen LogP contribution < -0.4 is 11.3 Å². The zero-order valence-corrected chi connectivity index (χ0v) is 11.2. The fraction of sp³-hybridized carbons (Fsp3) is 0.538. The summed E-state index contributed by atoms with van der Waals surface area (Å²) in [6, 6.07) is 6.81. The first kappa shape index (κ1) is 13.6. The minimum atomic E-state index is 0.261. The fourth-order valence-corrected chi connectivity index (χ4v) is 2.76. The Morgan fingerprint density at radius 2 is 2.12 bits per heavy atom. The summed E-state index contributed by atoms with van der Waals surface area (Å²) >= 11 is 1.95. The quantitative estimate of drug-likeness (QED) is 0.454. The molecule has 0 aliphatic carbocycles. The van der Waals surface area contributed by atoms with Gasteiger partial charge in [0.15, 0.2) is 0 Å². The first-order valence-corrected chi connectivity index (χ1v) is 6.95. The van der Waals surface area contributed by atoms with Gasteiger partial charge in [0.1, 0.15) is 0 Å². The second-order valence-electron chi connectivity index (χ2n) is 4.15. The summed E-state index contributed by atoms with van der Waals surface area (Å²) < 4.78 is 0. The lowest BCUT2D eigenvalue weighted by Gasteiger charge is -2.18. The molecule has 1 aromatic carbocycles. The van der Waals surface area contributed by atoms with Crippen molar-refractivity contribution in [3.8, 4) is 0 Å². The molecule has 0 bridgehead atoms. The lowest BCUT2D eigenvalue weighted by Crippen LogP contribution is -2.30. The summed E-state index contributed by atoms with van der Waals surface area (Å²) in [5.74, 6) is 7.86. The van der Waals surface area contributed by atoms with Crippen molar-refractivity contribution in [2.75, 3.05) is 11.5 Å². The van der Waals surface area contributed by atoms with Crippen molar-refractivity contribution in [1.82, 2.24) is 5.43 Å². The van der Waals surface area contributed by atoms with Crippen molar-refractivity contribution in [3.05, 3.63) is 34.9 Å². The number of aryl methyl sites for hydroxylation is 2. The summed E-state index contributed by atoms with van der Waals surface area (Å²) in [7, 11) is 0. The molecule has 0 fully saturated rings. The molecular formula is C13H22N2S. The predicted octanol–water partition coefficient (Wildman–Crippen LogP) is 2.95. The maximum atomic E-state index is 5.63. The van der Waals surface area contributed by atoms with E-state index in [2.05, 4.69) is 44.4 Å². The van der Waals surface area contributed by atoms with E-state index in [4.69, 9.17) is 5.84 Å². The Bertz CT molecular complexity index is 326. The molecule has 90 valence electrons. The van der Waals surface area contributed by atoms with Crippen LogP contribution in [-0.2, 0) is 0 Å². The van der Waals surface area contributed by atoms with E-state index in [1.165, 1.54) is 28.9 Å². The van der Waals surface area contributed by atoms with Crippen LogP contribution in [0.15, 0.2) is 18.2 Å². The summed E-state index contributed by atoms with van der Waals surface area (Å²) in [6.45, 7) is 6.47. The number of nitrogens with one attached hydrogen (secondary N) is 1. The summed E-state index contributed by atoms with van der Waals surface area (Å²) in [4.78, 5) is 0. The molecule has 3 heteroatoms. The highest BCUT2D eigenvalue weighted by Crippen LogP contribution is 2.22. The topological polar surface area (TPSA) is 38.0 Å². The Labute approximate surface area is 103 Å². The third kappa shape index (κ3) is 3.81. The molecular weight excluding hydrogens is 216 g/mol. The Hall–Kier alpha value is -0.510. The van der Waals surface area contributed by atoms with Crippen molar-refractivity contribution in [2.24, 2.45) is 5.84 Å². The number of hydrogen-bond donors (Lipinski definition) is 2. The molecule has 3 N–H and O–H groups in total. The van der Waals surface area contributed by atoms with Gasteiger partial charge in [-0.25, -0.2) is 0 Å². The van der Waals surface area contributed by atoms with E-state index in [-0.39, 0.29) is 6.04 Å². The average molecular weight is 238 g/mol. The van der Waals surface area contributed by atoms with E-state index in [0.717, 1.165) is 5.75 Å². The lowest BCUT2D eigenvalue weighted by molar-refractivity contribution is 0.607. The first-order valence-electron chi connectivity index (χ1n) is 5.80. The number of rotatable bonds is 6. The van der Waals surface area contributed by atoms with Crippen LogP contribution in [0.4, 0.5) is 0 Å². The van der Waals surface area contributed by atoms with Crippen LogP contribution in [0.25, 0.3) is 0 Å². The van der Waals surface area contributed by atoms with E-state index >= 15 is 0 Å². The minimum Gasteiger partial charge on any atom is -0.271 e. The van der Waals surface area contributed by atoms with Gasteiger partial charge in [-0.1, -0.05) is 30.7 Å². The molecule has 0 saturated carbocycles. The predicted molar refractivity (Wildman–Crippen MR) is 73.6 cm³/mol. The number of benzene rings is 1. The molecule has 1 aromatic rings. The van der Waals surface area contributed by atoms with Gasteiger partial charge in [-0.05, 0) is 37.1 Å². The van der Waals surface area contributed by atoms with Crippen LogP contribution in [0.3, 0.4) is 0 Å². The molecule has 0 amide bonds. The summed E-state index contributed by atoms with van der Waals surface area (Å²) in [6.07, 6.45) is 1.22. The Balaban J connectivity index is 2.70. The fourth-order valence-electron chi connectivity index (χ4n) is 1.79. The maximum absolute atomic E-state index is 5.63. The molecule has 0 aliphatic rings. The van der Waals surface area contributed by atoms with Crippen LogP contribution >= 0.6 is 11.8 Å². The Kier molecular flexibility index (Phi) is 5.88. The number of nitrogens with two attached hydrogens (primary N) is 1. The molecule has 1 atom stereocenters. The summed E-state index contributed by atoms with van der Waals surface area (Å²) in [5.41, 5.74) is 6.86.